The van der Waals surface area contributed by atoms with Crippen LogP contribution < -0.4 is 0 Å². The fourth-order valence-corrected chi connectivity index (χ4v) is 1.84. The van der Waals surface area contributed by atoms with E-state index < -0.39 is 0 Å². The molecular formula is C10H20N2O2. The molecule has 1 aliphatic rings. The van der Waals surface area contributed by atoms with Gasteiger partial charge in [0, 0.05) is 32.2 Å². The average Bonchev–Trinajstić information content (AvgIpc) is 2.37. The summed E-state index contributed by atoms with van der Waals surface area (Å²) in [5, 5.41) is 12.5. The highest BCUT2D eigenvalue weighted by molar-refractivity contribution is 5.79. The molecule has 0 saturated carbocycles. The van der Waals surface area contributed by atoms with Crippen LogP contribution in [0.25, 0.3) is 0 Å². The fourth-order valence-electron chi connectivity index (χ4n) is 1.84. The summed E-state index contributed by atoms with van der Waals surface area (Å²) in [5.41, 5.74) is -0.0352. The molecule has 82 valence electrons. The van der Waals surface area contributed by atoms with Crippen molar-refractivity contribution in [3.05, 3.63) is 0 Å². The number of aliphatic hydroxyl groups excluding tert-OH is 1. The van der Waals surface area contributed by atoms with Crippen LogP contribution in [0.3, 0.4) is 0 Å². The maximum atomic E-state index is 11.7. The Labute approximate surface area is 85.5 Å². The van der Waals surface area contributed by atoms with E-state index in [2.05, 4.69) is 13.8 Å². The van der Waals surface area contributed by atoms with Crippen molar-refractivity contribution >= 4 is 5.91 Å². The van der Waals surface area contributed by atoms with E-state index in [1.807, 2.05) is 12.1 Å². The van der Waals surface area contributed by atoms with E-state index in [9.17, 15) is 4.79 Å². The highest BCUT2D eigenvalue weighted by atomic mass is 16.3. The maximum Gasteiger partial charge on any atom is 0.238 e. The Balaban J connectivity index is 2.65. The van der Waals surface area contributed by atoms with Crippen LogP contribution in [0, 0.1) is 0 Å². The Morgan fingerprint density at radius 2 is 2.21 bits per heavy atom. The van der Waals surface area contributed by atoms with Gasteiger partial charge in [0.05, 0.1) is 0 Å². The van der Waals surface area contributed by atoms with Gasteiger partial charge in [-0.15, -0.1) is 0 Å². The molecule has 1 atom stereocenters. The van der Waals surface area contributed by atoms with E-state index in [4.69, 9.17) is 5.11 Å². The topological polar surface area (TPSA) is 43.8 Å². The molecule has 1 rings (SSSR count). The standard InChI is InChI=1S/C10H20N2O2/c1-4-10(2)8-9(14)12(11(10)3)6-5-7-13/h13H,4-8H2,1-3H3. The van der Waals surface area contributed by atoms with E-state index in [1.165, 1.54) is 0 Å². The Morgan fingerprint density at radius 3 is 2.64 bits per heavy atom. The zero-order valence-electron chi connectivity index (χ0n) is 9.29. The maximum absolute atomic E-state index is 11.7. The van der Waals surface area contributed by atoms with Crippen LogP contribution in [-0.2, 0) is 4.79 Å². The largest absolute Gasteiger partial charge is 0.396 e. The molecule has 0 aromatic carbocycles. The van der Waals surface area contributed by atoms with Gasteiger partial charge in [-0.1, -0.05) is 6.92 Å². The van der Waals surface area contributed by atoms with Crippen LogP contribution in [-0.4, -0.2) is 46.8 Å². The van der Waals surface area contributed by atoms with Gasteiger partial charge in [0.2, 0.25) is 5.91 Å². The molecule has 1 aliphatic heterocycles. The molecule has 1 amide bonds. The van der Waals surface area contributed by atoms with Crippen LogP contribution in [0.2, 0.25) is 0 Å². The zero-order valence-corrected chi connectivity index (χ0v) is 9.29. The lowest BCUT2D eigenvalue weighted by Crippen LogP contribution is -2.46. The predicted octanol–water partition coefficient (Wildman–Crippen LogP) is 0.617. The summed E-state index contributed by atoms with van der Waals surface area (Å²) in [6.07, 6.45) is 2.20. The minimum absolute atomic E-state index is 0.0352. The molecule has 1 unspecified atom stereocenters. The van der Waals surface area contributed by atoms with Gasteiger partial charge < -0.3 is 5.11 Å². The second kappa shape index (κ2) is 4.28. The minimum Gasteiger partial charge on any atom is -0.396 e. The van der Waals surface area contributed by atoms with Crippen LogP contribution in [0.15, 0.2) is 0 Å². The molecule has 0 aromatic heterocycles. The first kappa shape index (κ1) is 11.5. The van der Waals surface area contributed by atoms with Crippen LogP contribution in [0.5, 0.6) is 0 Å². The molecular weight excluding hydrogens is 180 g/mol. The monoisotopic (exact) mass is 200 g/mol. The first-order valence-corrected chi connectivity index (χ1v) is 5.20. The molecule has 4 nitrogen and oxygen atoms in total. The third-order valence-corrected chi connectivity index (χ3v) is 3.25. The SMILES string of the molecule is CCC1(C)CC(=O)N(CCCO)N1C. The summed E-state index contributed by atoms with van der Waals surface area (Å²) >= 11 is 0. The first-order valence-electron chi connectivity index (χ1n) is 5.20. The number of carbonyl (C=O) groups excluding carboxylic acids is 1. The Morgan fingerprint density at radius 1 is 1.57 bits per heavy atom. The van der Waals surface area contributed by atoms with Crippen molar-refractivity contribution in [2.45, 2.75) is 38.6 Å². The average molecular weight is 200 g/mol. The summed E-state index contributed by atoms with van der Waals surface area (Å²) in [5.74, 6) is 0.172. The van der Waals surface area contributed by atoms with E-state index >= 15 is 0 Å². The number of amides is 1. The van der Waals surface area contributed by atoms with E-state index in [0.29, 0.717) is 19.4 Å². The molecule has 1 heterocycles. The van der Waals surface area contributed by atoms with E-state index in [-0.39, 0.29) is 18.1 Å². The molecule has 1 fully saturated rings. The molecule has 0 bridgehead atoms. The summed E-state index contributed by atoms with van der Waals surface area (Å²) in [6, 6.07) is 0. The highest BCUT2D eigenvalue weighted by Crippen LogP contribution is 2.31. The predicted molar refractivity (Wildman–Crippen MR) is 54.5 cm³/mol. The van der Waals surface area contributed by atoms with Crippen LogP contribution >= 0.6 is 0 Å². The van der Waals surface area contributed by atoms with Gasteiger partial charge in [-0.25, -0.2) is 5.01 Å². The van der Waals surface area contributed by atoms with Crippen LogP contribution in [0.1, 0.15) is 33.1 Å². The van der Waals surface area contributed by atoms with Gasteiger partial charge in [0.1, 0.15) is 0 Å². The van der Waals surface area contributed by atoms with Crippen molar-refractivity contribution in [2.75, 3.05) is 20.2 Å². The Kier molecular flexibility index (Phi) is 3.50. The fraction of sp³-hybridized carbons (Fsp3) is 0.900. The number of hydrogen-bond acceptors (Lipinski definition) is 3. The van der Waals surface area contributed by atoms with Gasteiger partial charge in [-0.3, -0.25) is 9.80 Å². The quantitative estimate of drug-likeness (QED) is 0.723. The van der Waals surface area contributed by atoms with Crippen molar-refractivity contribution in [3.63, 3.8) is 0 Å². The minimum atomic E-state index is -0.0352. The van der Waals surface area contributed by atoms with Gasteiger partial charge in [-0.05, 0) is 19.8 Å². The lowest BCUT2D eigenvalue weighted by molar-refractivity contribution is -0.138. The second-order valence-electron chi connectivity index (χ2n) is 4.14. The smallest absolute Gasteiger partial charge is 0.238 e. The molecule has 0 spiro atoms. The Hall–Kier alpha value is -0.610. The number of nitrogens with zero attached hydrogens (tertiary/aromatic N) is 2. The van der Waals surface area contributed by atoms with Crippen LogP contribution in [0.4, 0.5) is 0 Å². The molecule has 4 heteroatoms. The number of hydrazine groups is 1. The molecule has 0 aliphatic carbocycles. The zero-order chi connectivity index (χ0) is 10.8. The van der Waals surface area contributed by atoms with Gasteiger partial charge in [-0.2, -0.15) is 0 Å². The van der Waals surface area contributed by atoms with Crippen molar-refractivity contribution in [1.29, 1.82) is 0 Å². The van der Waals surface area contributed by atoms with Gasteiger partial charge in [0.25, 0.3) is 0 Å². The summed E-state index contributed by atoms with van der Waals surface area (Å²) < 4.78 is 0. The Bertz CT molecular complexity index is 220. The third kappa shape index (κ3) is 1.91. The summed E-state index contributed by atoms with van der Waals surface area (Å²) in [7, 11) is 1.95. The van der Waals surface area contributed by atoms with Crippen molar-refractivity contribution in [1.82, 2.24) is 10.0 Å². The number of aliphatic hydroxyl groups is 1. The van der Waals surface area contributed by atoms with Crippen molar-refractivity contribution in [2.24, 2.45) is 0 Å². The molecule has 1 N–H and O–H groups in total. The lowest BCUT2D eigenvalue weighted by Gasteiger charge is -2.34. The molecule has 1 saturated heterocycles. The van der Waals surface area contributed by atoms with E-state index in [0.717, 1.165) is 6.42 Å². The number of rotatable bonds is 4. The molecule has 0 radical (unpaired) electrons. The van der Waals surface area contributed by atoms with Gasteiger partial charge in [0.15, 0.2) is 0 Å². The normalized spacial score (nSPS) is 28.9. The first-order chi connectivity index (χ1) is 6.55. The van der Waals surface area contributed by atoms with Gasteiger partial charge >= 0.3 is 0 Å². The number of hydrogen-bond donors (Lipinski definition) is 1. The lowest BCUT2D eigenvalue weighted by atomic mass is 9.96. The van der Waals surface area contributed by atoms with Crippen molar-refractivity contribution < 1.29 is 9.90 Å². The molecule has 14 heavy (non-hydrogen) atoms. The number of carbonyl (C=O) groups is 1. The second-order valence-corrected chi connectivity index (χ2v) is 4.14. The highest BCUT2D eigenvalue weighted by Gasteiger charge is 2.42. The summed E-state index contributed by atoms with van der Waals surface area (Å²) in [6.45, 7) is 4.96. The summed E-state index contributed by atoms with van der Waals surface area (Å²) in [4.78, 5) is 11.7. The van der Waals surface area contributed by atoms with Crippen molar-refractivity contribution in [3.8, 4) is 0 Å². The third-order valence-electron chi connectivity index (χ3n) is 3.25. The van der Waals surface area contributed by atoms with E-state index in [1.54, 1.807) is 5.01 Å². The molecule has 0 aromatic rings.